The van der Waals surface area contributed by atoms with E-state index in [4.69, 9.17) is 4.74 Å². The van der Waals surface area contributed by atoms with Crippen molar-refractivity contribution in [2.45, 2.75) is 65.7 Å². The molecule has 0 heterocycles. The molecule has 0 spiro atoms. The second kappa shape index (κ2) is 8.03. The first-order chi connectivity index (χ1) is 9.54. The summed E-state index contributed by atoms with van der Waals surface area (Å²) in [7, 11) is 1.45. The number of methoxy groups -OCH3 is 1. The van der Waals surface area contributed by atoms with Gasteiger partial charge in [-0.2, -0.15) is 0 Å². The number of hydrogen-bond donors (Lipinski definition) is 0. The number of carbonyl (C=O) groups is 2. The van der Waals surface area contributed by atoms with Gasteiger partial charge in [-0.1, -0.05) is 39.0 Å². The van der Waals surface area contributed by atoms with Crippen molar-refractivity contribution in [3.8, 4) is 0 Å². The third-order valence-corrected chi connectivity index (χ3v) is 3.94. The van der Waals surface area contributed by atoms with E-state index in [1.807, 2.05) is 0 Å². The van der Waals surface area contributed by atoms with Gasteiger partial charge >= 0.3 is 0 Å². The minimum Gasteiger partial charge on any atom is -0.492 e. The quantitative estimate of drug-likeness (QED) is 0.495. The Balaban J connectivity index is 2.61. The van der Waals surface area contributed by atoms with Crippen molar-refractivity contribution < 1.29 is 14.3 Å². The number of carbonyl (C=O) groups excluding carboxylic acids is 2. The van der Waals surface area contributed by atoms with Gasteiger partial charge in [-0.3, -0.25) is 9.59 Å². The Morgan fingerprint density at radius 1 is 0.850 bits per heavy atom. The summed E-state index contributed by atoms with van der Waals surface area (Å²) in [5, 5.41) is 0. The Labute approximate surface area is 122 Å². The molecular weight excluding hydrogens is 252 g/mol. The number of hydrogen-bond acceptors (Lipinski definition) is 3. The summed E-state index contributed by atoms with van der Waals surface area (Å²) in [6, 6.07) is 0. The van der Waals surface area contributed by atoms with Gasteiger partial charge in [0, 0.05) is 16.7 Å². The highest BCUT2D eigenvalue weighted by Gasteiger charge is 2.30. The molecule has 0 atom stereocenters. The molecule has 1 aliphatic carbocycles. The lowest BCUT2D eigenvalue weighted by molar-refractivity contribution is -0.118. The van der Waals surface area contributed by atoms with Crippen LogP contribution >= 0.6 is 0 Å². The zero-order valence-electron chi connectivity index (χ0n) is 13.2. The van der Waals surface area contributed by atoms with Gasteiger partial charge < -0.3 is 4.74 Å². The van der Waals surface area contributed by atoms with Crippen LogP contribution in [0.1, 0.15) is 65.7 Å². The Kier molecular flexibility index (Phi) is 6.69. The van der Waals surface area contributed by atoms with Crippen LogP contribution in [-0.4, -0.2) is 18.7 Å². The molecule has 112 valence electrons. The van der Waals surface area contributed by atoms with E-state index >= 15 is 0 Å². The highest BCUT2D eigenvalue weighted by molar-refractivity contribution is 6.23. The molecule has 0 aliphatic heterocycles. The molecule has 0 aromatic rings. The smallest absolute Gasteiger partial charge is 0.224 e. The van der Waals surface area contributed by atoms with Crippen LogP contribution in [0.3, 0.4) is 0 Å². The molecule has 3 nitrogen and oxygen atoms in total. The first-order valence-corrected chi connectivity index (χ1v) is 7.58. The molecular formula is C17H26O3. The summed E-state index contributed by atoms with van der Waals surface area (Å²) in [6.45, 7) is 5.61. The fourth-order valence-electron chi connectivity index (χ4n) is 2.63. The van der Waals surface area contributed by atoms with E-state index in [1.165, 1.54) is 32.8 Å². The molecule has 0 radical (unpaired) electrons. The van der Waals surface area contributed by atoms with Gasteiger partial charge in [-0.25, -0.2) is 0 Å². The maximum Gasteiger partial charge on any atom is 0.224 e. The van der Waals surface area contributed by atoms with Crippen molar-refractivity contribution in [1.29, 1.82) is 0 Å². The van der Waals surface area contributed by atoms with Crippen molar-refractivity contribution in [3.05, 3.63) is 22.5 Å². The second-order valence-corrected chi connectivity index (χ2v) is 5.44. The molecule has 0 saturated carbocycles. The van der Waals surface area contributed by atoms with E-state index in [0.29, 0.717) is 23.1 Å². The molecule has 0 amide bonds. The topological polar surface area (TPSA) is 43.4 Å². The monoisotopic (exact) mass is 278 g/mol. The third-order valence-electron chi connectivity index (χ3n) is 3.94. The van der Waals surface area contributed by atoms with Crippen molar-refractivity contribution in [2.75, 3.05) is 7.11 Å². The van der Waals surface area contributed by atoms with Crippen molar-refractivity contribution in [3.63, 3.8) is 0 Å². The summed E-state index contributed by atoms with van der Waals surface area (Å²) in [6.07, 6.45) is 7.73. The highest BCUT2D eigenvalue weighted by atomic mass is 16.5. The standard InChI is InChI=1S/C17H26O3/c1-5-6-7-8-9-10-11-14-12(2)15(18)13(3)17(20-4)16(14)19/h5-11H2,1-4H3. The minimum absolute atomic E-state index is 0.0533. The van der Waals surface area contributed by atoms with E-state index < -0.39 is 0 Å². The van der Waals surface area contributed by atoms with E-state index in [-0.39, 0.29) is 17.3 Å². The van der Waals surface area contributed by atoms with Crippen LogP contribution in [0.2, 0.25) is 0 Å². The summed E-state index contributed by atoms with van der Waals surface area (Å²) in [4.78, 5) is 24.4. The zero-order chi connectivity index (χ0) is 15.1. The maximum atomic E-state index is 12.3. The maximum absolute atomic E-state index is 12.3. The Bertz CT molecular complexity index is 441. The largest absolute Gasteiger partial charge is 0.492 e. The minimum atomic E-state index is -0.101. The van der Waals surface area contributed by atoms with Gasteiger partial charge in [0.05, 0.1) is 7.11 Å². The molecule has 0 fully saturated rings. The predicted molar refractivity (Wildman–Crippen MR) is 80.4 cm³/mol. The van der Waals surface area contributed by atoms with Gasteiger partial charge in [0.15, 0.2) is 11.5 Å². The van der Waals surface area contributed by atoms with Crippen LogP contribution < -0.4 is 0 Å². The lowest BCUT2D eigenvalue weighted by atomic mass is 9.87. The van der Waals surface area contributed by atoms with Crippen molar-refractivity contribution in [2.24, 2.45) is 0 Å². The number of unbranched alkanes of at least 4 members (excludes halogenated alkanes) is 5. The highest BCUT2D eigenvalue weighted by Crippen LogP contribution is 2.28. The first-order valence-electron chi connectivity index (χ1n) is 7.58. The summed E-state index contributed by atoms with van der Waals surface area (Å²) >= 11 is 0. The molecule has 0 aromatic carbocycles. The van der Waals surface area contributed by atoms with Crippen LogP contribution in [0.25, 0.3) is 0 Å². The second-order valence-electron chi connectivity index (χ2n) is 5.44. The summed E-state index contributed by atoms with van der Waals surface area (Å²) in [5.74, 6) is 0.0691. The molecule has 0 bridgehead atoms. The molecule has 1 rings (SSSR count). The van der Waals surface area contributed by atoms with E-state index in [2.05, 4.69) is 6.92 Å². The van der Waals surface area contributed by atoms with Gasteiger partial charge in [0.25, 0.3) is 0 Å². The van der Waals surface area contributed by atoms with Crippen molar-refractivity contribution in [1.82, 2.24) is 0 Å². The average Bonchev–Trinajstić information content (AvgIpc) is 2.44. The molecule has 0 saturated heterocycles. The third kappa shape index (κ3) is 3.81. The molecule has 0 N–H and O–H groups in total. The number of Topliss-reactive ketones (excluding diaryl/α,β-unsaturated/α-hetero) is 2. The van der Waals surface area contributed by atoms with Gasteiger partial charge in [0.2, 0.25) is 5.78 Å². The normalized spacial score (nSPS) is 16.2. The predicted octanol–water partition coefficient (Wildman–Crippen LogP) is 4.13. The van der Waals surface area contributed by atoms with E-state index in [9.17, 15) is 9.59 Å². The Morgan fingerprint density at radius 2 is 1.45 bits per heavy atom. The molecule has 20 heavy (non-hydrogen) atoms. The van der Waals surface area contributed by atoms with Crippen LogP contribution in [-0.2, 0) is 14.3 Å². The molecule has 0 aromatic heterocycles. The Hall–Kier alpha value is -1.38. The van der Waals surface area contributed by atoms with E-state index in [1.54, 1.807) is 13.8 Å². The molecule has 3 heteroatoms. The van der Waals surface area contributed by atoms with Crippen molar-refractivity contribution >= 4 is 11.6 Å². The first kappa shape index (κ1) is 16.7. The molecule has 1 aliphatic rings. The number of ether oxygens (including phenoxy) is 1. The van der Waals surface area contributed by atoms with Crippen LogP contribution in [0, 0.1) is 0 Å². The lowest BCUT2D eigenvalue weighted by Gasteiger charge is -2.19. The number of allylic oxidation sites excluding steroid dienone is 3. The Morgan fingerprint density at radius 3 is 2.05 bits per heavy atom. The van der Waals surface area contributed by atoms with Gasteiger partial charge in [-0.15, -0.1) is 0 Å². The summed E-state index contributed by atoms with van der Waals surface area (Å²) < 4.78 is 5.10. The number of ketones is 2. The number of rotatable bonds is 8. The fourth-order valence-corrected chi connectivity index (χ4v) is 2.63. The van der Waals surface area contributed by atoms with Gasteiger partial charge in [0.1, 0.15) is 0 Å². The van der Waals surface area contributed by atoms with Gasteiger partial charge in [-0.05, 0) is 26.7 Å². The fraction of sp³-hybridized carbons (Fsp3) is 0.647. The van der Waals surface area contributed by atoms with Crippen LogP contribution in [0.15, 0.2) is 22.5 Å². The SMILES string of the molecule is CCCCCCCCC1=C(C)C(=O)C(C)=C(OC)C1=O. The summed E-state index contributed by atoms with van der Waals surface area (Å²) in [5.41, 5.74) is 1.68. The average molecular weight is 278 g/mol. The lowest BCUT2D eigenvalue weighted by Crippen LogP contribution is -2.23. The molecule has 0 unspecified atom stereocenters. The van der Waals surface area contributed by atoms with Crippen LogP contribution in [0.4, 0.5) is 0 Å². The van der Waals surface area contributed by atoms with E-state index in [0.717, 1.165) is 12.8 Å². The van der Waals surface area contributed by atoms with Crippen LogP contribution in [0.5, 0.6) is 0 Å². The zero-order valence-corrected chi connectivity index (χ0v) is 13.2.